The zero-order valence-corrected chi connectivity index (χ0v) is 15.4. The van der Waals surface area contributed by atoms with Gasteiger partial charge in [0.2, 0.25) is 11.8 Å². The maximum absolute atomic E-state index is 13.1. The van der Waals surface area contributed by atoms with Gasteiger partial charge in [0, 0.05) is 32.4 Å². The van der Waals surface area contributed by atoms with Crippen molar-refractivity contribution in [3.05, 3.63) is 23.9 Å². The predicted octanol–water partition coefficient (Wildman–Crippen LogP) is 2.35. The molecule has 0 unspecified atom stereocenters. The Kier molecular flexibility index (Phi) is 4.59. The molecule has 1 atom stereocenters. The molecular weight excluding hydrogens is 330 g/mol. The van der Waals surface area contributed by atoms with Crippen molar-refractivity contribution in [1.82, 2.24) is 14.8 Å². The van der Waals surface area contributed by atoms with Crippen LogP contribution in [0.1, 0.15) is 49.4 Å². The second-order valence-corrected chi connectivity index (χ2v) is 7.84. The van der Waals surface area contributed by atoms with Gasteiger partial charge in [-0.05, 0) is 57.1 Å². The van der Waals surface area contributed by atoms with Gasteiger partial charge in [-0.3, -0.25) is 9.59 Å². The lowest BCUT2D eigenvalue weighted by Gasteiger charge is -2.39. The lowest BCUT2D eigenvalue weighted by molar-refractivity contribution is -0.145. The molecule has 4 rings (SSSR count). The third-order valence-electron chi connectivity index (χ3n) is 5.92. The number of ether oxygens (including phenoxy) is 1. The molecule has 6 nitrogen and oxygen atoms in total. The Morgan fingerprint density at radius 2 is 2.19 bits per heavy atom. The molecule has 3 aliphatic rings. The van der Waals surface area contributed by atoms with Crippen LogP contribution in [-0.4, -0.2) is 59.4 Å². The largest absolute Gasteiger partial charge is 0.477 e. The van der Waals surface area contributed by atoms with E-state index in [9.17, 15) is 9.59 Å². The first-order valence-electron chi connectivity index (χ1n) is 9.79. The van der Waals surface area contributed by atoms with E-state index in [0.717, 1.165) is 32.4 Å². The first-order valence-corrected chi connectivity index (χ1v) is 9.79. The first kappa shape index (κ1) is 17.3. The number of carbonyl (C=O) groups is 2. The molecule has 26 heavy (non-hydrogen) atoms. The molecule has 1 aromatic rings. The number of aromatic nitrogens is 1. The average molecular weight is 357 g/mol. The minimum atomic E-state index is -0.378. The Bertz CT molecular complexity index is 703. The molecule has 0 aromatic carbocycles. The summed E-state index contributed by atoms with van der Waals surface area (Å²) in [6.45, 7) is 5.28. The summed E-state index contributed by atoms with van der Waals surface area (Å²) in [6, 6.07) is 3.51. The number of carbonyl (C=O) groups excluding carboxylic acids is 2. The fraction of sp³-hybridized carbons (Fsp3) is 0.650. The Morgan fingerprint density at radius 1 is 1.35 bits per heavy atom. The predicted molar refractivity (Wildman–Crippen MR) is 96.9 cm³/mol. The summed E-state index contributed by atoms with van der Waals surface area (Å²) in [6.07, 6.45) is 6.83. The van der Waals surface area contributed by atoms with Crippen molar-refractivity contribution in [3.63, 3.8) is 0 Å². The van der Waals surface area contributed by atoms with Crippen LogP contribution in [-0.2, 0) is 4.79 Å². The smallest absolute Gasteiger partial charge is 0.259 e. The number of piperidine rings is 1. The summed E-state index contributed by atoms with van der Waals surface area (Å²) in [5.41, 5.74) is 0.112. The van der Waals surface area contributed by atoms with Crippen LogP contribution in [0.15, 0.2) is 18.3 Å². The quantitative estimate of drug-likeness (QED) is 0.811. The van der Waals surface area contributed by atoms with Gasteiger partial charge in [-0.15, -0.1) is 0 Å². The number of likely N-dealkylation sites (tertiary alicyclic amines) is 2. The zero-order valence-electron chi connectivity index (χ0n) is 15.4. The van der Waals surface area contributed by atoms with Crippen molar-refractivity contribution in [1.29, 1.82) is 0 Å². The lowest BCUT2D eigenvalue weighted by atomic mass is 9.78. The van der Waals surface area contributed by atoms with Crippen molar-refractivity contribution in [2.45, 2.75) is 39.0 Å². The number of amides is 2. The fourth-order valence-electron chi connectivity index (χ4n) is 4.34. The maximum Gasteiger partial charge on any atom is 0.259 e. The van der Waals surface area contributed by atoms with Crippen LogP contribution in [0.3, 0.4) is 0 Å². The minimum absolute atomic E-state index is 0.0782. The summed E-state index contributed by atoms with van der Waals surface area (Å²) >= 11 is 0. The van der Waals surface area contributed by atoms with Crippen LogP contribution in [0.2, 0.25) is 0 Å². The highest BCUT2D eigenvalue weighted by Crippen LogP contribution is 2.42. The average Bonchev–Trinajstić information content (AvgIpc) is 3.37. The molecule has 3 heterocycles. The second-order valence-electron chi connectivity index (χ2n) is 7.84. The molecule has 0 N–H and O–H groups in total. The van der Waals surface area contributed by atoms with Gasteiger partial charge in [0.25, 0.3) is 5.91 Å². The van der Waals surface area contributed by atoms with Crippen molar-refractivity contribution in [2.75, 3.05) is 32.8 Å². The van der Waals surface area contributed by atoms with Crippen molar-refractivity contribution in [3.8, 4) is 5.88 Å². The van der Waals surface area contributed by atoms with E-state index in [4.69, 9.17) is 4.74 Å². The summed E-state index contributed by atoms with van der Waals surface area (Å²) in [5, 5.41) is 0. The van der Waals surface area contributed by atoms with Crippen molar-refractivity contribution in [2.24, 2.45) is 11.3 Å². The summed E-state index contributed by atoms with van der Waals surface area (Å²) < 4.78 is 5.51. The van der Waals surface area contributed by atoms with Crippen LogP contribution < -0.4 is 4.74 Å². The van der Waals surface area contributed by atoms with Gasteiger partial charge in [0.15, 0.2) is 0 Å². The molecule has 2 saturated heterocycles. The molecule has 1 aliphatic carbocycles. The second kappa shape index (κ2) is 6.89. The van der Waals surface area contributed by atoms with Crippen LogP contribution in [0.5, 0.6) is 5.88 Å². The van der Waals surface area contributed by atoms with E-state index in [1.165, 1.54) is 12.8 Å². The van der Waals surface area contributed by atoms with Gasteiger partial charge in [0.05, 0.1) is 12.0 Å². The molecule has 1 aromatic heterocycles. The van der Waals surface area contributed by atoms with Crippen molar-refractivity contribution >= 4 is 11.8 Å². The van der Waals surface area contributed by atoms with Gasteiger partial charge < -0.3 is 14.5 Å². The molecule has 2 aliphatic heterocycles. The minimum Gasteiger partial charge on any atom is -0.477 e. The molecule has 1 spiro atoms. The maximum atomic E-state index is 13.1. The van der Waals surface area contributed by atoms with Crippen LogP contribution in [0.4, 0.5) is 0 Å². The molecule has 2 amide bonds. The summed E-state index contributed by atoms with van der Waals surface area (Å²) in [4.78, 5) is 34.2. The Balaban J connectivity index is 1.49. The van der Waals surface area contributed by atoms with Crippen LogP contribution in [0.25, 0.3) is 0 Å². The Hall–Kier alpha value is -2.11. The van der Waals surface area contributed by atoms with Gasteiger partial charge in [-0.25, -0.2) is 4.98 Å². The van der Waals surface area contributed by atoms with Crippen LogP contribution in [0, 0.1) is 11.3 Å². The Labute approximate surface area is 154 Å². The van der Waals surface area contributed by atoms with E-state index in [-0.39, 0.29) is 17.2 Å². The van der Waals surface area contributed by atoms with E-state index in [1.807, 2.05) is 11.8 Å². The standard InChI is InChI=1S/C20H27N3O3/c1-2-26-17-16(5-3-10-21-17)18(24)23-12-9-20(14-23)8-4-11-22(19(20)25)13-15-6-7-15/h3,5,10,15H,2,4,6-9,11-14H2,1H3/t20-/m0/s1. The Morgan fingerprint density at radius 3 is 2.96 bits per heavy atom. The van der Waals surface area contributed by atoms with E-state index in [0.29, 0.717) is 37.1 Å². The van der Waals surface area contributed by atoms with E-state index < -0.39 is 0 Å². The van der Waals surface area contributed by atoms with E-state index >= 15 is 0 Å². The summed E-state index contributed by atoms with van der Waals surface area (Å²) in [7, 11) is 0. The molecule has 0 bridgehead atoms. The highest BCUT2D eigenvalue weighted by Gasteiger charge is 2.50. The number of hydrogen-bond donors (Lipinski definition) is 0. The number of rotatable bonds is 5. The summed E-state index contributed by atoms with van der Waals surface area (Å²) in [5.74, 6) is 1.27. The normalized spacial score (nSPS) is 25.8. The zero-order chi connectivity index (χ0) is 18.1. The number of hydrogen-bond acceptors (Lipinski definition) is 4. The van der Waals surface area contributed by atoms with Crippen molar-refractivity contribution < 1.29 is 14.3 Å². The fourth-order valence-corrected chi connectivity index (χ4v) is 4.34. The lowest BCUT2D eigenvalue weighted by Crippen LogP contribution is -2.51. The molecule has 140 valence electrons. The van der Waals surface area contributed by atoms with E-state index in [1.54, 1.807) is 18.3 Å². The van der Waals surface area contributed by atoms with Gasteiger partial charge in [-0.1, -0.05) is 0 Å². The third-order valence-corrected chi connectivity index (χ3v) is 5.92. The first-order chi connectivity index (χ1) is 12.6. The highest BCUT2D eigenvalue weighted by atomic mass is 16.5. The third kappa shape index (κ3) is 3.17. The molecule has 0 radical (unpaired) electrons. The topological polar surface area (TPSA) is 62.7 Å². The van der Waals surface area contributed by atoms with Crippen LogP contribution >= 0.6 is 0 Å². The van der Waals surface area contributed by atoms with Gasteiger partial charge in [-0.2, -0.15) is 0 Å². The molecule has 3 fully saturated rings. The van der Waals surface area contributed by atoms with E-state index in [2.05, 4.69) is 9.88 Å². The van der Waals surface area contributed by atoms with Gasteiger partial charge >= 0.3 is 0 Å². The molecular formula is C20H27N3O3. The number of pyridine rings is 1. The number of nitrogens with zero attached hydrogens (tertiary/aromatic N) is 3. The monoisotopic (exact) mass is 357 g/mol. The highest BCUT2D eigenvalue weighted by molar-refractivity contribution is 5.97. The molecule has 6 heteroatoms. The molecule has 1 saturated carbocycles. The SMILES string of the molecule is CCOc1ncccc1C(=O)N1CC[C@@]2(CCCN(CC3CC3)C2=O)C1. The van der Waals surface area contributed by atoms with Gasteiger partial charge in [0.1, 0.15) is 5.56 Å².